The summed E-state index contributed by atoms with van der Waals surface area (Å²) >= 11 is 18.7. The first-order valence-electron chi connectivity index (χ1n) is 5.77. The lowest BCUT2D eigenvalue weighted by Crippen LogP contribution is -1.99. The smallest absolute Gasteiger partial charge is 0.0634 e. The molecule has 16 heavy (non-hydrogen) atoms. The number of halogens is 3. The zero-order chi connectivity index (χ0) is 11.3. The number of hydrogen-bond acceptors (Lipinski definition) is 0. The van der Waals surface area contributed by atoms with Gasteiger partial charge in [0.15, 0.2) is 0 Å². The van der Waals surface area contributed by atoms with E-state index in [9.17, 15) is 0 Å². The summed E-state index contributed by atoms with van der Waals surface area (Å²) in [5.41, 5.74) is 1.01. The Morgan fingerprint density at radius 2 is 1.81 bits per heavy atom. The van der Waals surface area contributed by atoms with Gasteiger partial charge in [-0.25, -0.2) is 0 Å². The molecule has 0 amide bonds. The van der Waals surface area contributed by atoms with Crippen LogP contribution < -0.4 is 0 Å². The van der Waals surface area contributed by atoms with E-state index in [0.717, 1.165) is 27.4 Å². The number of alkyl halides is 1. The monoisotopic (exact) mass is 274 g/mol. The highest BCUT2D eigenvalue weighted by Gasteiger charge is 2.55. The Labute approximate surface area is 111 Å². The Balaban J connectivity index is 1.84. The molecule has 0 aromatic heterocycles. The fourth-order valence-corrected chi connectivity index (χ4v) is 4.27. The van der Waals surface area contributed by atoms with Gasteiger partial charge in [-0.3, -0.25) is 0 Å². The lowest BCUT2D eigenvalue weighted by molar-refractivity contribution is 0.574. The predicted octanol–water partition coefficient (Wildman–Crippen LogP) is 5.32. The summed E-state index contributed by atoms with van der Waals surface area (Å²) in [6, 6.07) is 5.56. The van der Waals surface area contributed by atoms with E-state index in [-0.39, 0.29) is 5.38 Å². The number of rotatable bonds is 2. The average molecular weight is 276 g/mol. The van der Waals surface area contributed by atoms with Gasteiger partial charge in [0.05, 0.1) is 5.38 Å². The van der Waals surface area contributed by atoms with Gasteiger partial charge in [-0.05, 0) is 54.4 Å². The van der Waals surface area contributed by atoms with Crippen LogP contribution in [0.2, 0.25) is 10.0 Å². The van der Waals surface area contributed by atoms with Crippen LogP contribution in [0.15, 0.2) is 18.2 Å². The Bertz CT molecular complexity index is 406. The molecule has 86 valence electrons. The summed E-state index contributed by atoms with van der Waals surface area (Å²) in [5, 5.41) is 1.51. The van der Waals surface area contributed by atoms with Gasteiger partial charge in [0, 0.05) is 10.0 Å². The maximum absolute atomic E-state index is 6.54. The Hall–Kier alpha value is 0.0900. The van der Waals surface area contributed by atoms with Gasteiger partial charge in [-0.15, -0.1) is 11.6 Å². The quantitative estimate of drug-likeness (QED) is 0.641. The minimum Gasteiger partial charge on any atom is -0.117 e. The molecule has 3 rings (SSSR count). The van der Waals surface area contributed by atoms with Gasteiger partial charge in [0.25, 0.3) is 0 Å². The molecule has 0 radical (unpaired) electrons. The third-order valence-corrected chi connectivity index (χ3v) is 5.17. The summed E-state index contributed by atoms with van der Waals surface area (Å²) in [7, 11) is 0. The van der Waals surface area contributed by atoms with Crippen molar-refractivity contribution in [3.05, 3.63) is 33.8 Å². The molecular formula is C13H13Cl3. The first-order chi connectivity index (χ1) is 7.68. The summed E-state index contributed by atoms with van der Waals surface area (Å²) in [5.74, 6) is 2.32. The van der Waals surface area contributed by atoms with Crippen LogP contribution in [0, 0.1) is 17.8 Å². The summed E-state index contributed by atoms with van der Waals surface area (Å²) in [4.78, 5) is 0. The second-order valence-corrected chi connectivity index (χ2v) is 6.22. The third kappa shape index (κ3) is 1.75. The third-order valence-electron chi connectivity index (χ3n) is 4.07. The molecule has 0 saturated heterocycles. The predicted molar refractivity (Wildman–Crippen MR) is 69.4 cm³/mol. The van der Waals surface area contributed by atoms with Crippen molar-refractivity contribution in [2.75, 3.05) is 0 Å². The highest BCUT2D eigenvalue weighted by molar-refractivity contribution is 6.34. The van der Waals surface area contributed by atoms with Gasteiger partial charge in [0.2, 0.25) is 0 Å². The number of fused-ring (bicyclic) bond motifs is 1. The van der Waals surface area contributed by atoms with E-state index in [1.807, 2.05) is 18.2 Å². The minimum absolute atomic E-state index is 0.0431. The lowest BCUT2D eigenvalue weighted by atomic mass is 10.0. The molecule has 1 aromatic rings. The number of benzene rings is 1. The minimum atomic E-state index is 0.0431. The fourth-order valence-electron chi connectivity index (χ4n) is 3.24. The van der Waals surface area contributed by atoms with Crippen LogP contribution in [-0.2, 0) is 0 Å². The van der Waals surface area contributed by atoms with Crippen LogP contribution in [0.25, 0.3) is 0 Å². The van der Waals surface area contributed by atoms with E-state index in [1.165, 1.54) is 19.3 Å². The first kappa shape index (κ1) is 11.2. The molecule has 3 heteroatoms. The second-order valence-electron chi connectivity index (χ2n) is 4.90. The van der Waals surface area contributed by atoms with Gasteiger partial charge < -0.3 is 0 Å². The normalized spacial score (nSPS) is 33.6. The van der Waals surface area contributed by atoms with Crippen molar-refractivity contribution in [1.29, 1.82) is 0 Å². The fraction of sp³-hybridized carbons (Fsp3) is 0.538. The first-order valence-corrected chi connectivity index (χ1v) is 6.97. The van der Waals surface area contributed by atoms with Crippen molar-refractivity contribution in [1.82, 2.24) is 0 Å². The standard InChI is InChI=1S/C13H13Cl3/c14-7-4-5-11(15)10(6-7)13(16)12-8-2-1-3-9(8)12/h4-6,8-9,12-13H,1-3H2. The lowest BCUT2D eigenvalue weighted by Gasteiger charge is -2.13. The molecule has 3 atom stereocenters. The molecule has 0 N–H and O–H groups in total. The molecular weight excluding hydrogens is 263 g/mol. The average Bonchev–Trinajstić information content (AvgIpc) is 2.74. The van der Waals surface area contributed by atoms with Crippen molar-refractivity contribution >= 4 is 34.8 Å². The highest BCUT2D eigenvalue weighted by Crippen LogP contribution is 2.64. The second kappa shape index (κ2) is 4.08. The summed E-state index contributed by atoms with van der Waals surface area (Å²) in [6.45, 7) is 0. The SMILES string of the molecule is Clc1ccc(Cl)c(C(Cl)C2C3CCCC32)c1. The van der Waals surface area contributed by atoms with Crippen LogP contribution in [0.5, 0.6) is 0 Å². The van der Waals surface area contributed by atoms with Crippen molar-refractivity contribution in [2.24, 2.45) is 17.8 Å². The Morgan fingerprint density at radius 1 is 1.12 bits per heavy atom. The molecule has 2 saturated carbocycles. The molecule has 0 nitrogen and oxygen atoms in total. The van der Waals surface area contributed by atoms with E-state index >= 15 is 0 Å². The molecule has 3 unspecified atom stereocenters. The van der Waals surface area contributed by atoms with Gasteiger partial charge in [-0.1, -0.05) is 29.6 Å². The van der Waals surface area contributed by atoms with E-state index in [1.54, 1.807) is 0 Å². The van der Waals surface area contributed by atoms with Crippen LogP contribution >= 0.6 is 34.8 Å². The van der Waals surface area contributed by atoms with Crippen molar-refractivity contribution in [3.8, 4) is 0 Å². The van der Waals surface area contributed by atoms with Crippen molar-refractivity contribution in [3.63, 3.8) is 0 Å². The zero-order valence-corrected chi connectivity index (χ0v) is 11.1. The van der Waals surface area contributed by atoms with Crippen molar-refractivity contribution in [2.45, 2.75) is 24.6 Å². The molecule has 1 aromatic carbocycles. The van der Waals surface area contributed by atoms with E-state index < -0.39 is 0 Å². The maximum Gasteiger partial charge on any atom is 0.0634 e. The summed E-state index contributed by atoms with van der Waals surface area (Å²) in [6.07, 6.45) is 4.06. The molecule has 0 aliphatic heterocycles. The van der Waals surface area contributed by atoms with E-state index in [0.29, 0.717) is 5.92 Å². The van der Waals surface area contributed by atoms with Crippen LogP contribution in [0.3, 0.4) is 0 Å². The zero-order valence-electron chi connectivity index (χ0n) is 8.80. The van der Waals surface area contributed by atoms with Gasteiger partial charge in [0.1, 0.15) is 0 Å². The maximum atomic E-state index is 6.54. The Morgan fingerprint density at radius 3 is 2.50 bits per heavy atom. The summed E-state index contributed by atoms with van der Waals surface area (Å²) < 4.78 is 0. The molecule has 2 fully saturated rings. The van der Waals surface area contributed by atoms with Crippen LogP contribution in [0.4, 0.5) is 0 Å². The molecule has 2 aliphatic carbocycles. The van der Waals surface area contributed by atoms with Crippen molar-refractivity contribution < 1.29 is 0 Å². The van der Waals surface area contributed by atoms with E-state index in [2.05, 4.69) is 0 Å². The highest BCUT2D eigenvalue weighted by atomic mass is 35.5. The molecule has 0 spiro atoms. The van der Waals surface area contributed by atoms with Crippen LogP contribution in [-0.4, -0.2) is 0 Å². The Kier molecular flexibility index (Phi) is 2.86. The topological polar surface area (TPSA) is 0 Å². The largest absolute Gasteiger partial charge is 0.117 e. The molecule has 2 aliphatic rings. The molecule has 0 bridgehead atoms. The van der Waals surface area contributed by atoms with Gasteiger partial charge >= 0.3 is 0 Å². The van der Waals surface area contributed by atoms with Gasteiger partial charge in [-0.2, -0.15) is 0 Å². The van der Waals surface area contributed by atoms with E-state index in [4.69, 9.17) is 34.8 Å². The number of hydrogen-bond donors (Lipinski definition) is 0. The van der Waals surface area contributed by atoms with Crippen LogP contribution in [0.1, 0.15) is 30.2 Å². The molecule has 0 heterocycles.